The molecule has 0 aliphatic carbocycles. The first kappa shape index (κ1) is 21.8. The van der Waals surface area contributed by atoms with Gasteiger partial charge in [0, 0.05) is 19.6 Å². The molecule has 1 saturated heterocycles. The third kappa shape index (κ3) is 4.80. The van der Waals surface area contributed by atoms with Crippen LogP contribution in [-0.2, 0) is 4.79 Å². The van der Waals surface area contributed by atoms with Gasteiger partial charge in [0.05, 0.1) is 29.2 Å². The fourth-order valence-corrected chi connectivity index (χ4v) is 3.86. The van der Waals surface area contributed by atoms with Crippen molar-refractivity contribution in [3.05, 3.63) is 47.8 Å². The first-order chi connectivity index (χ1) is 14.4. The van der Waals surface area contributed by atoms with E-state index in [1.807, 2.05) is 43.3 Å². The molecule has 1 aromatic carbocycles. The van der Waals surface area contributed by atoms with Crippen molar-refractivity contribution in [3.8, 4) is 5.69 Å². The maximum atomic E-state index is 12.9. The second-order valence-electron chi connectivity index (χ2n) is 7.62. The summed E-state index contributed by atoms with van der Waals surface area (Å²) in [7, 11) is 0. The van der Waals surface area contributed by atoms with Crippen molar-refractivity contribution in [1.29, 1.82) is 0 Å². The third-order valence-corrected chi connectivity index (χ3v) is 5.43. The van der Waals surface area contributed by atoms with Gasteiger partial charge in [0.25, 0.3) is 0 Å². The number of piperazine rings is 1. The van der Waals surface area contributed by atoms with Crippen LogP contribution in [0.3, 0.4) is 0 Å². The second kappa shape index (κ2) is 9.73. The van der Waals surface area contributed by atoms with Crippen LogP contribution >= 0.6 is 0 Å². The van der Waals surface area contributed by atoms with Gasteiger partial charge in [-0.05, 0) is 44.5 Å². The maximum Gasteiger partial charge on any atom is 0.407 e. The van der Waals surface area contributed by atoms with Gasteiger partial charge in [-0.1, -0.05) is 24.6 Å². The normalized spacial score (nSPS) is 17.8. The highest BCUT2D eigenvalue weighted by molar-refractivity contribution is 5.82. The molecule has 30 heavy (non-hydrogen) atoms. The summed E-state index contributed by atoms with van der Waals surface area (Å²) in [5.74, 6) is -0.149. The van der Waals surface area contributed by atoms with Crippen LogP contribution in [0.4, 0.5) is 4.79 Å². The van der Waals surface area contributed by atoms with Crippen LogP contribution in [0.1, 0.15) is 36.7 Å². The molecule has 9 nitrogen and oxygen atoms in total. The Balaban J connectivity index is 1.86. The number of carbonyl (C=O) groups is 2. The zero-order valence-corrected chi connectivity index (χ0v) is 17.3. The summed E-state index contributed by atoms with van der Waals surface area (Å²) in [6.45, 7) is 3.23. The number of rotatable bonds is 7. The van der Waals surface area contributed by atoms with Crippen LogP contribution in [0.5, 0.6) is 0 Å². The molecule has 3 rings (SSSR count). The van der Waals surface area contributed by atoms with E-state index in [9.17, 15) is 14.7 Å². The Kier molecular flexibility index (Phi) is 7.07. The van der Waals surface area contributed by atoms with Crippen molar-refractivity contribution < 1.29 is 14.7 Å². The van der Waals surface area contributed by atoms with Crippen molar-refractivity contribution in [2.75, 3.05) is 26.2 Å². The zero-order chi connectivity index (χ0) is 21.7. The van der Waals surface area contributed by atoms with E-state index in [4.69, 9.17) is 11.5 Å². The molecule has 1 aliphatic rings. The van der Waals surface area contributed by atoms with E-state index >= 15 is 0 Å². The highest BCUT2D eigenvalue weighted by Gasteiger charge is 2.36. The Morgan fingerprint density at radius 2 is 1.97 bits per heavy atom. The SMILES string of the molecule is Cc1cc([C@@H]2CN(C(=O)C(N)CCCCN)CCN2C(=O)O)n(-c2ccccc2)n1. The molecule has 2 atom stereocenters. The number of carboxylic acid groups (broad SMARTS) is 1. The van der Waals surface area contributed by atoms with Crippen LogP contribution in [0.15, 0.2) is 36.4 Å². The first-order valence-electron chi connectivity index (χ1n) is 10.3. The van der Waals surface area contributed by atoms with Crippen LogP contribution in [0, 0.1) is 6.92 Å². The van der Waals surface area contributed by atoms with Gasteiger partial charge in [-0.3, -0.25) is 9.69 Å². The minimum absolute atomic E-state index is 0.149. The van der Waals surface area contributed by atoms with Crippen molar-refractivity contribution in [3.63, 3.8) is 0 Å². The van der Waals surface area contributed by atoms with Crippen LogP contribution < -0.4 is 11.5 Å². The summed E-state index contributed by atoms with van der Waals surface area (Å²) in [6, 6.07) is 10.3. The van der Waals surface area contributed by atoms with E-state index in [0.29, 0.717) is 19.5 Å². The minimum atomic E-state index is -1.02. The maximum absolute atomic E-state index is 12.9. The smallest absolute Gasteiger partial charge is 0.407 e. The predicted octanol–water partition coefficient (Wildman–Crippen LogP) is 1.50. The number of nitrogens with zero attached hydrogens (tertiary/aromatic N) is 4. The van der Waals surface area contributed by atoms with Crippen LogP contribution in [-0.4, -0.2) is 68.9 Å². The van der Waals surface area contributed by atoms with Crippen molar-refractivity contribution in [2.24, 2.45) is 11.5 Å². The summed E-state index contributed by atoms with van der Waals surface area (Å²) in [6.07, 6.45) is 1.17. The highest BCUT2D eigenvalue weighted by Crippen LogP contribution is 2.28. The largest absolute Gasteiger partial charge is 0.465 e. The average molecular weight is 415 g/mol. The lowest BCUT2D eigenvalue weighted by molar-refractivity contribution is -0.135. The highest BCUT2D eigenvalue weighted by atomic mass is 16.4. The number of hydrogen-bond donors (Lipinski definition) is 3. The fourth-order valence-electron chi connectivity index (χ4n) is 3.86. The number of benzene rings is 1. The Hall–Kier alpha value is -2.91. The number of para-hydroxylation sites is 1. The van der Waals surface area contributed by atoms with Gasteiger partial charge >= 0.3 is 6.09 Å². The molecule has 5 N–H and O–H groups in total. The second-order valence-corrected chi connectivity index (χ2v) is 7.62. The third-order valence-electron chi connectivity index (χ3n) is 5.43. The summed E-state index contributed by atoms with van der Waals surface area (Å²) >= 11 is 0. The Morgan fingerprint density at radius 3 is 2.63 bits per heavy atom. The molecule has 9 heteroatoms. The zero-order valence-electron chi connectivity index (χ0n) is 17.3. The molecule has 1 aliphatic heterocycles. The number of unbranched alkanes of at least 4 members (excludes halogenated alkanes) is 1. The van der Waals surface area contributed by atoms with Crippen LogP contribution in [0.25, 0.3) is 5.69 Å². The lowest BCUT2D eigenvalue weighted by atomic mass is 10.0. The molecule has 2 aromatic rings. The lowest BCUT2D eigenvalue weighted by Crippen LogP contribution is -2.55. The molecule has 2 amide bonds. The molecule has 0 radical (unpaired) electrons. The van der Waals surface area contributed by atoms with Gasteiger partial charge in [0.1, 0.15) is 0 Å². The lowest BCUT2D eigenvalue weighted by Gasteiger charge is -2.40. The van der Waals surface area contributed by atoms with Gasteiger partial charge in [-0.15, -0.1) is 0 Å². The minimum Gasteiger partial charge on any atom is -0.465 e. The molecular weight excluding hydrogens is 384 g/mol. The van der Waals surface area contributed by atoms with Crippen molar-refractivity contribution in [2.45, 2.75) is 38.3 Å². The summed E-state index contributed by atoms with van der Waals surface area (Å²) in [5.41, 5.74) is 14.0. The molecule has 0 bridgehead atoms. The van der Waals surface area contributed by atoms with E-state index in [-0.39, 0.29) is 19.0 Å². The van der Waals surface area contributed by atoms with E-state index < -0.39 is 18.2 Å². The Labute approximate surface area is 176 Å². The quantitative estimate of drug-likeness (QED) is 0.589. The number of nitrogens with two attached hydrogens (primary N) is 2. The number of hydrogen-bond acceptors (Lipinski definition) is 5. The van der Waals surface area contributed by atoms with Crippen molar-refractivity contribution >= 4 is 12.0 Å². The molecule has 1 unspecified atom stereocenters. The van der Waals surface area contributed by atoms with E-state index in [1.54, 1.807) is 9.58 Å². The molecule has 0 saturated carbocycles. The van der Waals surface area contributed by atoms with Crippen LogP contribution in [0.2, 0.25) is 0 Å². The molecule has 1 aromatic heterocycles. The summed E-state index contributed by atoms with van der Waals surface area (Å²) in [4.78, 5) is 27.9. The Morgan fingerprint density at radius 1 is 1.23 bits per heavy atom. The van der Waals surface area contributed by atoms with E-state index in [1.165, 1.54) is 4.90 Å². The predicted molar refractivity (Wildman–Crippen MR) is 113 cm³/mol. The summed E-state index contributed by atoms with van der Waals surface area (Å²) in [5, 5.41) is 14.3. The van der Waals surface area contributed by atoms with E-state index in [2.05, 4.69) is 5.10 Å². The van der Waals surface area contributed by atoms with Gasteiger partial charge in [-0.2, -0.15) is 5.10 Å². The Bertz CT molecular complexity index is 869. The number of amides is 2. The topological polar surface area (TPSA) is 131 Å². The molecule has 1 fully saturated rings. The summed E-state index contributed by atoms with van der Waals surface area (Å²) < 4.78 is 1.76. The molecule has 2 heterocycles. The van der Waals surface area contributed by atoms with Crippen molar-refractivity contribution in [1.82, 2.24) is 19.6 Å². The monoisotopic (exact) mass is 414 g/mol. The fraction of sp³-hybridized carbons (Fsp3) is 0.476. The molecule has 0 spiro atoms. The number of carbonyl (C=O) groups excluding carboxylic acids is 1. The first-order valence-corrected chi connectivity index (χ1v) is 10.3. The number of aryl methyl sites for hydroxylation is 1. The van der Waals surface area contributed by atoms with Gasteiger partial charge in [-0.25, -0.2) is 9.48 Å². The average Bonchev–Trinajstić information content (AvgIpc) is 3.15. The van der Waals surface area contributed by atoms with Gasteiger partial charge < -0.3 is 21.5 Å². The molecule has 162 valence electrons. The molecular formula is C21H30N6O3. The number of aromatic nitrogens is 2. The van der Waals surface area contributed by atoms with Gasteiger partial charge in [0.2, 0.25) is 5.91 Å². The standard InChI is InChI=1S/C21H30N6O3/c1-15-13-18(27(24-15)16-7-3-2-4-8-16)19-14-25(11-12-26(19)21(29)30)20(28)17(23)9-5-6-10-22/h2-4,7-8,13,17,19H,5-6,9-12,14,22-23H2,1H3,(H,29,30)/t17?,19-/m0/s1. The van der Waals surface area contributed by atoms with Gasteiger partial charge in [0.15, 0.2) is 0 Å². The van der Waals surface area contributed by atoms with E-state index in [0.717, 1.165) is 29.9 Å².